The van der Waals surface area contributed by atoms with E-state index in [2.05, 4.69) is 12.1 Å². The fourth-order valence-electron chi connectivity index (χ4n) is 1.97. The summed E-state index contributed by atoms with van der Waals surface area (Å²) in [7, 11) is 0. The van der Waals surface area contributed by atoms with Crippen LogP contribution >= 0.6 is 0 Å². The average Bonchev–Trinajstić information content (AvgIpc) is 2.59. The minimum absolute atomic E-state index is 0.265. The van der Waals surface area contributed by atoms with Crippen LogP contribution in [0.4, 0.5) is 0 Å². The van der Waals surface area contributed by atoms with E-state index in [1.807, 2.05) is 0 Å². The first-order valence-electron chi connectivity index (χ1n) is 4.92. The second-order valence-corrected chi connectivity index (χ2v) is 3.68. The number of aliphatic hydroxyl groups excluding tert-OH is 1. The standard InChI is InChI=1S/C10H15NO2/c1-2-9-8-4-3-7(6-12)5-10(8)13-11-9/h7,12H,2-6H2,1H3. The Kier molecular flexibility index (Phi) is 2.36. The maximum Gasteiger partial charge on any atom is 0.140 e. The molecule has 1 heterocycles. The molecule has 2 rings (SSSR count). The Hall–Kier alpha value is -0.830. The Bertz CT molecular complexity index is 293. The molecule has 0 aliphatic heterocycles. The zero-order valence-electron chi connectivity index (χ0n) is 7.92. The lowest BCUT2D eigenvalue weighted by Crippen LogP contribution is -2.16. The number of aliphatic hydroxyl groups is 1. The van der Waals surface area contributed by atoms with Gasteiger partial charge in [-0.25, -0.2) is 0 Å². The molecule has 0 spiro atoms. The van der Waals surface area contributed by atoms with Gasteiger partial charge in [-0.2, -0.15) is 0 Å². The highest BCUT2D eigenvalue weighted by atomic mass is 16.5. The maximum absolute atomic E-state index is 9.02. The van der Waals surface area contributed by atoms with Crippen molar-refractivity contribution < 1.29 is 9.63 Å². The molecule has 0 fully saturated rings. The van der Waals surface area contributed by atoms with Crippen LogP contribution in [-0.2, 0) is 19.3 Å². The highest BCUT2D eigenvalue weighted by molar-refractivity contribution is 5.25. The van der Waals surface area contributed by atoms with Crippen LogP contribution in [-0.4, -0.2) is 16.9 Å². The number of rotatable bonds is 2. The lowest BCUT2D eigenvalue weighted by atomic mass is 9.87. The molecule has 1 aromatic heterocycles. The average molecular weight is 181 g/mol. The van der Waals surface area contributed by atoms with Crippen molar-refractivity contribution in [3.05, 3.63) is 17.0 Å². The van der Waals surface area contributed by atoms with Crippen LogP contribution in [0.25, 0.3) is 0 Å². The molecule has 1 atom stereocenters. The predicted octanol–water partition coefficient (Wildman–Crippen LogP) is 1.33. The summed E-state index contributed by atoms with van der Waals surface area (Å²) in [5.74, 6) is 1.38. The van der Waals surface area contributed by atoms with Gasteiger partial charge in [0, 0.05) is 18.6 Å². The van der Waals surface area contributed by atoms with Gasteiger partial charge in [0.1, 0.15) is 5.76 Å². The van der Waals surface area contributed by atoms with Crippen LogP contribution in [0.1, 0.15) is 30.4 Å². The molecule has 3 nitrogen and oxygen atoms in total. The van der Waals surface area contributed by atoms with Crippen LogP contribution in [0.3, 0.4) is 0 Å². The molecule has 1 unspecified atom stereocenters. The van der Waals surface area contributed by atoms with Gasteiger partial charge in [0.05, 0.1) is 5.69 Å². The largest absolute Gasteiger partial charge is 0.396 e. The molecule has 0 aromatic carbocycles. The van der Waals surface area contributed by atoms with Gasteiger partial charge >= 0.3 is 0 Å². The van der Waals surface area contributed by atoms with Crippen LogP contribution in [0.5, 0.6) is 0 Å². The fourth-order valence-corrected chi connectivity index (χ4v) is 1.97. The minimum atomic E-state index is 0.265. The molecular weight excluding hydrogens is 166 g/mol. The van der Waals surface area contributed by atoms with E-state index < -0.39 is 0 Å². The fraction of sp³-hybridized carbons (Fsp3) is 0.700. The summed E-state index contributed by atoms with van der Waals surface area (Å²) in [5, 5.41) is 13.0. The highest BCUT2D eigenvalue weighted by Gasteiger charge is 2.24. The van der Waals surface area contributed by atoms with E-state index >= 15 is 0 Å². The smallest absolute Gasteiger partial charge is 0.140 e. The van der Waals surface area contributed by atoms with Gasteiger partial charge in [0.15, 0.2) is 0 Å². The second kappa shape index (κ2) is 3.50. The number of hydrogen-bond donors (Lipinski definition) is 1. The van der Waals surface area contributed by atoms with E-state index in [0.717, 1.165) is 37.1 Å². The molecule has 0 bridgehead atoms. The molecule has 13 heavy (non-hydrogen) atoms. The molecule has 1 N–H and O–H groups in total. The van der Waals surface area contributed by atoms with Crippen molar-refractivity contribution in [2.45, 2.75) is 32.6 Å². The molecule has 1 aliphatic rings. The first-order chi connectivity index (χ1) is 6.35. The molecule has 72 valence electrons. The van der Waals surface area contributed by atoms with Crippen molar-refractivity contribution in [3.8, 4) is 0 Å². The predicted molar refractivity (Wildman–Crippen MR) is 48.5 cm³/mol. The van der Waals surface area contributed by atoms with Crippen molar-refractivity contribution in [1.82, 2.24) is 5.16 Å². The van der Waals surface area contributed by atoms with Gasteiger partial charge in [-0.3, -0.25) is 0 Å². The summed E-state index contributed by atoms with van der Waals surface area (Å²) in [6.45, 7) is 2.36. The van der Waals surface area contributed by atoms with E-state index in [4.69, 9.17) is 9.63 Å². The third kappa shape index (κ3) is 1.48. The summed E-state index contributed by atoms with van der Waals surface area (Å²) in [6, 6.07) is 0. The lowest BCUT2D eigenvalue weighted by Gasteiger charge is -2.18. The summed E-state index contributed by atoms with van der Waals surface area (Å²) >= 11 is 0. The molecule has 1 aromatic rings. The SMILES string of the molecule is CCc1noc2c1CCC(CO)C2. The zero-order chi connectivity index (χ0) is 9.26. The van der Waals surface area contributed by atoms with Gasteiger partial charge in [0.2, 0.25) is 0 Å². The number of nitrogens with zero attached hydrogens (tertiary/aromatic N) is 1. The van der Waals surface area contributed by atoms with Crippen LogP contribution in [0, 0.1) is 5.92 Å². The molecule has 0 amide bonds. The number of hydrogen-bond acceptors (Lipinski definition) is 3. The third-order valence-electron chi connectivity index (χ3n) is 2.82. The van der Waals surface area contributed by atoms with E-state index in [0.29, 0.717) is 5.92 Å². The van der Waals surface area contributed by atoms with E-state index in [9.17, 15) is 0 Å². The van der Waals surface area contributed by atoms with E-state index in [1.165, 1.54) is 5.56 Å². The number of aryl methyl sites for hydroxylation is 1. The van der Waals surface area contributed by atoms with Crippen molar-refractivity contribution in [3.63, 3.8) is 0 Å². The normalized spacial score (nSPS) is 21.5. The minimum Gasteiger partial charge on any atom is -0.396 e. The first-order valence-corrected chi connectivity index (χ1v) is 4.92. The second-order valence-electron chi connectivity index (χ2n) is 3.68. The van der Waals surface area contributed by atoms with Crippen LogP contribution in [0.15, 0.2) is 4.52 Å². The van der Waals surface area contributed by atoms with Crippen LogP contribution in [0.2, 0.25) is 0 Å². The van der Waals surface area contributed by atoms with E-state index in [-0.39, 0.29) is 6.61 Å². The lowest BCUT2D eigenvalue weighted by molar-refractivity contribution is 0.202. The highest BCUT2D eigenvalue weighted by Crippen LogP contribution is 2.27. The maximum atomic E-state index is 9.02. The number of fused-ring (bicyclic) bond motifs is 1. The van der Waals surface area contributed by atoms with Crippen molar-refractivity contribution in [2.75, 3.05) is 6.61 Å². The topological polar surface area (TPSA) is 46.3 Å². The Morgan fingerprint density at radius 3 is 3.15 bits per heavy atom. The molecule has 0 saturated carbocycles. The summed E-state index contributed by atoms with van der Waals surface area (Å²) in [4.78, 5) is 0. The Labute approximate surface area is 77.7 Å². The van der Waals surface area contributed by atoms with Crippen molar-refractivity contribution in [2.24, 2.45) is 5.92 Å². The first kappa shape index (κ1) is 8.75. The monoisotopic (exact) mass is 181 g/mol. The van der Waals surface area contributed by atoms with Crippen LogP contribution < -0.4 is 0 Å². The molecular formula is C10H15NO2. The Balaban J connectivity index is 2.22. The summed E-state index contributed by atoms with van der Waals surface area (Å²) in [6.07, 6.45) is 3.90. The molecule has 0 radical (unpaired) electrons. The summed E-state index contributed by atoms with van der Waals surface area (Å²) in [5.41, 5.74) is 2.40. The van der Waals surface area contributed by atoms with Gasteiger partial charge in [-0.05, 0) is 25.2 Å². The van der Waals surface area contributed by atoms with Gasteiger partial charge in [-0.1, -0.05) is 12.1 Å². The van der Waals surface area contributed by atoms with Gasteiger partial charge in [0.25, 0.3) is 0 Å². The molecule has 3 heteroatoms. The van der Waals surface area contributed by atoms with E-state index in [1.54, 1.807) is 0 Å². The van der Waals surface area contributed by atoms with Crippen molar-refractivity contribution >= 4 is 0 Å². The Morgan fingerprint density at radius 1 is 1.62 bits per heavy atom. The zero-order valence-corrected chi connectivity index (χ0v) is 7.92. The van der Waals surface area contributed by atoms with Gasteiger partial charge < -0.3 is 9.63 Å². The van der Waals surface area contributed by atoms with Gasteiger partial charge in [-0.15, -0.1) is 0 Å². The van der Waals surface area contributed by atoms with Crippen molar-refractivity contribution in [1.29, 1.82) is 0 Å². The molecule has 1 aliphatic carbocycles. The molecule has 0 saturated heterocycles. The quantitative estimate of drug-likeness (QED) is 0.748. The third-order valence-corrected chi connectivity index (χ3v) is 2.82. The summed E-state index contributed by atoms with van der Waals surface area (Å²) < 4.78 is 5.25. The Morgan fingerprint density at radius 2 is 2.46 bits per heavy atom. The number of aromatic nitrogens is 1.